The van der Waals surface area contributed by atoms with Crippen LogP contribution in [0.5, 0.6) is 0 Å². The summed E-state index contributed by atoms with van der Waals surface area (Å²) in [5.74, 6) is 0. The van der Waals surface area contributed by atoms with E-state index in [-0.39, 0.29) is 128 Å². The molecule has 0 aromatic heterocycles. The molecule has 0 aromatic carbocycles. The summed E-state index contributed by atoms with van der Waals surface area (Å²) in [5, 5.41) is 0. The van der Waals surface area contributed by atoms with E-state index in [1.165, 1.54) is 0 Å². The summed E-state index contributed by atoms with van der Waals surface area (Å²) in [6.07, 6.45) is 0. The van der Waals surface area contributed by atoms with E-state index in [0.29, 0.717) is 0 Å². The van der Waals surface area contributed by atoms with Gasteiger partial charge in [0, 0.05) is 33.6 Å². The van der Waals surface area contributed by atoms with Gasteiger partial charge in [0.2, 0.25) is 0 Å². The second-order valence-electron chi connectivity index (χ2n) is 0. The number of hydrogen-bond donors (Lipinski definition) is 0. The minimum atomic E-state index is 0. The first-order valence-corrected chi connectivity index (χ1v) is 0. The van der Waals surface area contributed by atoms with Crippen LogP contribution in [0.3, 0.4) is 0 Å². The third kappa shape index (κ3) is 24.7. The van der Waals surface area contributed by atoms with Gasteiger partial charge in [-0.1, -0.05) is 0 Å². The van der Waals surface area contributed by atoms with Crippen molar-refractivity contribution < 1.29 is 87.7 Å². The summed E-state index contributed by atoms with van der Waals surface area (Å²) < 4.78 is 0. The first kappa shape index (κ1) is 51.5. The fourth-order valence-electron chi connectivity index (χ4n) is 0. The van der Waals surface area contributed by atoms with Crippen LogP contribution in [0.25, 0.3) is 0 Å². The monoisotopic (exact) mass is 201 g/mol. The standard InChI is InChI=1S/Al.Li.Mg.Mn.Na.Ni.7H/q;+1;+2;;+1;;;;;4*-1. The van der Waals surface area contributed by atoms with Gasteiger partial charge in [-0.05, 0) is 0 Å². The van der Waals surface area contributed by atoms with Crippen LogP contribution in [0, 0.1) is 0 Å². The summed E-state index contributed by atoms with van der Waals surface area (Å²) in [6.45, 7) is 0. The Morgan fingerprint density at radius 2 is 1.17 bits per heavy atom. The molecule has 31 valence electrons. The predicted molar refractivity (Wildman–Crippen MR) is 20.1 cm³/mol. The molecule has 0 bridgehead atoms. The third-order valence-corrected chi connectivity index (χ3v) is 0. The molecule has 0 aliphatic heterocycles. The molecule has 6 heteroatoms. The van der Waals surface area contributed by atoms with Crippen molar-refractivity contribution in [3.8, 4) is 0 Å². The van der Waals surface area contributed by atoms with Crippen LogP contribution in [-0.4, -0.2) is 40.4 Å². The second kappa shape index (κ2) is 36.5. The van der Waals surface area contributed by atoms with E-state index in [0.717, 1.165) is 0 Å². The van der Waals surface area contributed by atoms with Crippen molar-refractivity contribution in [2.24, 2.45) is 0 Å². The second-order valence-corrected chi connectivity index (χ2v) is 0. The third-order valence-electron chi connectivity index (χ3n) is 0. The van der Waals surface area contributed by atoms with E-state index < -0.39 is 0 Å². The molecule has 0 atom stereocenters. The smallest absolute Gasteiger partial charge is 1.00 e. The SMILES string of the molecule is [AlH3].[H-].[H-].[H-].[H-].[Li+].[Mg+2].[Mn].[Na+].[Ni]. The number of rotatable bonds is 0. The van der Waals surface area contributed by atoms with E-state index in [1.54, 1.807) is 0 Å². The van der Waals surface area contributed by atoms with Crippen LogP contribution in [0.15, 0.2) is 0 Å². The molecule has 1 radical (unpaired) electrons. The maximum Gasteiger partial charge on any atom is 2.00 e. The Kier molecular flexibility index (Phi) is 313. The molecule has 0 amide bonds. The maximum atomic E-state index is 0. The average molecular weight is 202 g/mol. The molecular formula is H7AlLiMgMnNaNi. The van der Waals surface area contributed by atoms with Crippen molar-refractivity contribution in [2.45, 2.75) is 0 Å². The zero-order chi connectivity index (χ0) is 0. The molecule has 0 fully saturated rings. The molecule has 0 heterocycles. The predicted octanol–water partition coefficient (Wildman–Crippen LogP) is -7.11. The van der Waals surface area contributed by atoms with Gasteiger partial charge in [0.1, 0.15) is 0 Å². The minimum absolute atomic E-state index is 0. The van der Waals surface area contributed by atoms with Gasteiger partial charge >= 0.3 is 71.5 Å². The molecule has 6 heavy (non-hydrogen) atoms. The Morgan fingerprint density at radius 1 is 1.17 bits per heavy atom. The summed E-state index contributed by atoms with van der Waals surface area (Å²) in [5.41, 5.74) is 0. The van der Waals surface area contributed by atoms with Gasteiger partial charge < -0.3 is 5.71 Å². The Hall–Kier alpha value is 3.91. The molecule has 0 aliphatic carbocycles. The fraction of sp³-hybridized carbons (Fsp3) is 0. The normalized spacial score (nSPS) is 0. The van der Waals surface area contributed by atoms with Gasteiger partial charge in [0.15, 0.2) is 17.4 Å². The van der Waals surface area contributed by atoms with E-state index >= 15 is 0 Å². The zero-order valence-corrected chi connectivity index (χ0v) is 8.98. The first-order chi connectivity index (χ1) is 0. The van der Waals surface area contributed by atoms with Crippen LogP contribution >= 0.6 is 0 Å². The van der Waals surface area contributed by atoms with Crippen LogP contribution in [0.4, 0.5) is 0 Å². The topological polar surface area (TPSA) is 0 Å². The summed E-state index contributed by atoms with van der Waals surface area (Å²) in [6, 6.07) is 0. The van der Waals surface area contributed by atoms with Crippen molar-refractivity contribution in [1.82, 2.24) is 0 Å². The maximum absolute atomic E-state index is 0. The van der Waals surface area contributed by atoms with Gasteiger partial charge in [-0.2, -0.15) is 0 Å². The molecule has 0 rings (SSSR count). The Bertz CT molecular complexity index is 25.2. The van der Waals surface area contributed by atoms with Crippen LogP contribution in [-0.2, 0) is 33.6 Å². The number of hydrogen-bond acceptors (Lipinski definition) is 0. The van der Waals surface area contributed by atoms with Crippen LogP contribution in [0.1, 0.15) is 5.71 Å². The van der Waals surface area contributed by atoms with Crippen LogP contribution in [0.2, 0.25) is 0 Å². The molecule has 0 saturated carbocycles. The summed E-state index contributed by atoms with van der Waals surface area (Å²) in [7, 11) is 0. The molecular weight excluding hydrogens is 195 g/mol. The largest absolute Gasteiger partial charge is 2.00 e. The molecule has 0 aliphatic rings. The van der Waals surface area contributed by atoms with Gasteiger partial charge in [0.05, 0.1) is 0 Å². The Balaban J connectivity index is 0. The van der Waals surface area contributed by atoms with E-state index in [4.69, 9.17) is 0 Å². The van der Waals surface area contributed by atoms with E-state index in [2.05, 4.69) is 0 Å². The Labute approximate surface area is 126 Å². The Morgan fingerprint density at radius 3 is 1.17 bits per heavy atom. The summed E-state index contributed by atoms with van der Waals surface area (Å²) >= 11 is 0. The van der Waals surface area contributed by atoms with Gasteiger partial charge in [-0.15, -0.1) is 0 Å². The fourth-order valence-corrected chi connectivity index (χ4v) is 0. The van der Waals surface area contributed by atoms with Gasteiger partial charge in [-0.3, -0.25) is 0 Å². The zero-order valence-electron chi connectivity index (χ0n) is 7.40. The summed E-state index contributed by atoms with van der Waals surface area (Å²) in [4.78, 5) is 0. The van der Waals surface area contributed by atoms with Crippen molar-refractivity contribution >= 4 is 40.4 Å². The molecule has 0 nitrogen and oxygen atoms in total. The first-order valence-electron chi connectivity index (χ1n) is 0. The molecule has 0 saturated heterocycles. The molecule has 0 aromatic rings. The van der Waals surface area contributed by atoms with Crippen LogP contribution < -0.4 is 48.4 Å². The molecule has 0 unspecified atom stereocenters. The van der Waals surface area contributed by atoms with Crippen molar-refractivity contribution in [1.29, 1.82) is 0 Å². The molecule has 0 spiro atoms. The average Bonchev–Trinajstić information content (AvgIpc) is 0. The van der Waals surface area contributed by atoms with Gasteiger partial charge in [0.25, 0.3) is 0 Å². The van der Waals surface area contributed by atoms with E-state index in [1.807, 2.05) is 0 Å². The van der Waals surface area contributed by atoms with Crippen molar-refractivity contribution in [2.75, 3.05) is 0 Å². The quantitative estimate of drug-likeness (QED) is 0.342. The van der Waals surface area contributed by atoms with E-state index in [9.17, 15) is 0 Å². The van der Waals surface area contributed by atoms with Crippen molar-refractivity contribution in [3.05, 3.63) is 0 Å². The minimum Gasteiger partial charge on any atom is -1.00 e. The van der Waals surface area contributed by atoms with Crippen molar-refractivity contribution in [3.63, 3.8) is 0 Å². The molecule has 0 N–H and O–H groups in total. The van der Waals surface area contributed by atoms with Gasteiger partial charge in [-0.25, -0.2) is 0 Å².